The summed E-state index contributed by atoms with van der Waals surface area (Å²) < 4.78 is 5.50. The lowest BCUT2D eigenvalue weighted by Crippen LogP contribution is -1.98. The highest BCUT2D eigenvalue weighted by Crippen LogP contribution is 2.32. The molecule has 1 aromatic heterocycles. The van der Waals surface area contributed by atoms with Gasteiger partial charge in [-0.25, -0.2) is 0 Å². The van der Waals surface area contributed by atoms with Crippen LogP contribution in [-0.2, 0) is 0 Å². The molecule has 0 unspecified atom stereocenters. The molecule has 0 bridgehead atoms. The van der Waals surface area contributed by atoms with E-state index in [0.29, 0.717) is 11.1 Å². The first-order chi connectivity index (χ1) is 6.56. The molecule has 0 amide bonds. The lowest BCUT2D eigenvalue weighted by Gasteiger charge is -2.04. The van der Waals surface area contributed by atoms with Gasteiger partial charge in [0.15, 0.2) is 0 Å². The summed E-state index contributed by atoms with van der Waals surface area (Å²) in [6.07, 6.45) is 0. The van der Waals surface area contributed by atoms with E-state index < -0.39 is 4.92 Å². The molecule has 0 spiro atoms. The Hall–Kier alpha value is -0.880. The summed E-state index contributed by atoms with van der Waals surface area (Å²) >= 11 is 8.68. The number of nitrogens with zero attached hydrogens (tertiary/aromatic N) is 2. The molecule has 0 aromatic carbocycles. The quantitative estimate of drug-likeness (QED) is 0.485. The van der Waals surface area contributed by atoms with Crippen LogP contribution in [0.5, 0.6) is 5.88 Å². The fourth-order valence-electron chi connectivity index (χ4n) is 0.807. The summed E-state index contributed by atoms with van der Waals surface area (Å²) in [5, 5.41) is 10.3. The normalized spacial score (nSPS) is 9.93. The predicted molar refractivity (Wildman–Crippen MR) is 54.8 cm³/mol. The van der Waals surface area contributed by atoms with Crippen LogP contribution in [0.1, 0.15) is 6.92 Å². The number of halogens is 2. The Morgan fingerprint density at radius 2 is 2.43 bits per heavy atom. The van der Waals surface area contributed by atoms with Crippen molar-refractivity contribution < 1.29 is 9.66 Å². The van der Waals surface area contributed by atoms with Crippen LogP contribution in [0.2, 0.25) is 5.15 Å². The van der Waals surface area contributed by atoms with Crippen LogP contribution in [0.3, 0.4) is 0 Å². The van der Waals surface area contributed by atoms with E-state index in [1.165, 1.54) is 6.07 Å². The van der Waals surface area contributed by atoms with Gasteiger partial charge in [-0.3, -0.25) is 10.1 Å². The molecule has 0 fully saturated rings. The third-order valence-corrected chi connectivity index (χ3v) is 2.20. The molecular weight excluding hydrogens is 275 g/mol. The molecule has 7 heteroatoms. The zero-order valence-corrected chi connectivity index (χ0v) is 9.50. The van der Waals surface area contributed by atoms with Crippen molar-refractivity contribution >= 4 is 33.2 Å². The third-order valence-electron chi connectivity index (χ3n) is 1.36. The first-order valence-corrected chi connectivity index (χ1v) is 4.86. The Kier molecular flexibility index (Phi) is 3.65. The van der Waals surface area contributed by atoms with Crippen molar-refractivity contribution in [2.45, 2.75) is 6.92 Å². The zero-order chi connectivity index (χ0) is 10.7. The molecule has 1 rings (SSSR count). The van der Waals surface area contributed by atoms with Gasteiger partial charge < -0.3 is 4.74 Å². The molecule has 0 radical (unpaired) electrons. The Labute approximate surface area is 93.3 Å². The van der Waals surface area contributed by atoms with Crippen LogP contribution in [0.4, 0.5) is 5.69 Å². The van der Waals surface area contributed by atoms with Gasteiger partial charge in [0, 0.05) is 6.07 Å². The maximum Gasteiger partial charge on any atom is 0.307 e. The summed E-state index contributed by atoms with van der Waals surface area (Å²) in [7, 11) is 0. The summed E-state index contributed by atoms with van der Waals surface area (Å²) in [5.74, 6) is 0.253. The molecule has 5 nitrogen and oxygen atoms in total. The van der Waals surface area contributed by atoms with Crippen LogP contribution in [0.15, 0.2) is 10.5 Å². The van der Waals surface area contributed by atoms with Gasteiger partial charge in [-0.1, -0.05) is 11.6 Å². The van der Waals surface area contributed by atoms with E-state index in [2.05, 4.69) is 20.9 Å². The van der Waals surface area contributed by atoms with Crippen molar-refractivity contribution in [3.8, 4) is 5.88 Å². The minimum absolute atomic E-state index is 0.179. The number of ether oxygens (including phenoxy) is 1. The van der Waals surface area contributed by atoms with Gasteiger partial charge in [0.2, 0.25) is 11.0 Å². The second-order valence-electron chi connectivity index (χ2n) is 2.28. The zero-order valence-electron chi connectivity index (χ0n) is 7.16. The number of pyridine rings is 1. The predicted octanol–water partition coefficient (Wildman–Crippen LogP) is 2.80. The molecule has 0 saturated carbocycles. The Balaban J connectivity index is 3.17. The van der Waals surface area contributed by atoms with Crippen LogP contribution < -0.4 is 4.74 Å². The third kappa shape index (κ3) is 2.33. The average molecular weight is 281 g/mol. The van der Waals surface area contributed by atoms with E-state index in [0.717, 1.165) is 0 Å². The van der Waals surface area contributed by atoms with Gasteiger partial charge in [-0.2, -0.15) is 4.98 Å². The van der Waals surface area contributed by atoms with Gasteiger partial charge in [-0.15, -0.1) is 0 Å². The Bertz CT molecular complexity index is 372. The smallest absolute Gasteiger partial charge is 0.307 e. The molecule has 0 atom stereocenters. The molecular formula is C7H6BrClN2O3. The highest BCUT2D eigenvalue weighted by molar-refractivity contribution is 9.10. The topological polar surface area (TPSA) is 65.3 Å². The molecule has 0 aliphatic carbocycles. The van der Waals surface area contributed by atoms with Gasteiger partial charge in [0.1, 0.15) is 0 Å². The van der Waals surface area contributed by atoms with E-state index in [9.17, 15) is 10.1 Å². The molecule has 14 heavy (non-hydrogen) atoms. The number of hydrogen-bond donors (Lipinski definition) is 0. The lowest BCUT2D eigenvalue weighted by atomic mass is 10.4. The summed E-state index contributed by atoms with van der Waals surface area (Å²) in [5.41, 5.74) is -0.248. The maximum atomic E-state index is 10.5. The van der Waals surface area contributed by atoms with Crippen molar-refractivity contribution in [3.63, 3.8) is 0 Å². The second kappa shape index (κ2) is 4.56. The van der Waals surface area contributed by atoms with Crippen molar-refractivity contribution in [2.24, 2.45) is 0 Å². The van der Waals surface area contributed by atoms with Crippen LogP contribution in [0, 0.1) is 10.1 Å². The van der Waals surface area contributed by atoms with Gasteiger partial charge in [-0.05, 0) is 22.9 Å². The lowest BCUT2D eigenvalue weighted by molar-refractivity contribution is -0.385. The van der Waals surface area contributed by atoms with E-state index in [-0.39, 0.29) is 16.7 Å². The van der Waals surface area contributed by atoms with Crippen molar-refractivity contribution in [3.05, 3.63) is 25.8 Å². The molecule has 1 aromatic rings. The van der Waals surface area contributed by atoms with Crippen molar-refractivity contribution in [1.29, 1.82) is 0 Å². The Morgan fingerprint density at radius 1 is 1.79 bits per heavy atom. The Morgan fingerprint density at radius 3 is 2.93 bits per heavy atom. The fourth-order valence-corrected chi connectivity index (χ4v) is 1.43. The van der Waals surface area contributed by atoms with E-state index >= 15 is 0 Å². The molecule has 0 aliphatic rings. The van der Waals surface area contributed by atoms with Gasteiger partial charge in [0.05, 0.1) is 16.0 Å². The van der Waals surface area contributed by atoms with Crippen molar-refractivity contribution in [1.82, 2.24) is 4.98 Å². The molecule has 0 aliphatic heterocycles. The van der Waals surface area contributed by atoms with Gasteiger partial charge >= 0.3 is 5.69 Å². The summed E-state index contributed by atoms with van der Waals surface area (Å²) in [4.78, 5) is 13.6. The molecule has 76 valence electrons. The molecule has 0 saturated heterocycles. The largest absolute Gasteiger partial charge is 0.477 e. The molecule has 0 N–H and O–H groups in total. The second-order valence-corrected chi connectivity index (χ2v) is 3.49. The van der Waals surface area contributed by atoms with Crippen LogP contribution in [0.25, 0.3) is 0 Å². The number of aromatic nitrogens is 1. The highest BCUT2D eigenvalue weighted by atomic mass is 79.9. The molecule has 1 heterocycles. The fraction of sp³-hybridized carbons (Fsp3) is 0.286. The monoisotopic (exact) mass is 280 g/mol. The summed E-state index contributed by atoms with van der Waals surface area (Å²) in [6, 6.07) is 1.26. The SMILES string of the molecule is CCOc1nc(Cl)c([N+](=O)[O-])cc1Br. The standard InChI is InChI=1S/C7H6BrClN2O3/c1-2-14-7-4(8)3-5(11(12)13)6(9)10-7/h3H,2H2,1H3. The number of rotatable bonds is 3. The first-order valence-electron chi connectivity index (χ1n) is 3.69. The minimum Gasteiger partial charge on any atom is -0.477 e. The van der Waals surface area contributed by atoms with Crippen molar-refractivity contribution in [2.75, 3.05) is 6.61 Å². The van der Waals surface area contributed by atoms with E-state index in [4.69, 9.17) is 16.3 Å². The van der Waals surface area contributed by atoms with Crippen LogP contribution in [-0.4, -0.2) is 16.5 Å². The summed E-state index contributed by atoms with van der Waals surface area (Å²) in [6.45, 7) is 2.20. The highest BCUT2D eigenvalue weighted by Gasteiger charge is 2.17. The van der Waals surface area contributed by atoms with Crippen LogP contribution >= 0.6 is 27.5 Å². The van der Waals surface area contributed by atoms with E-state index in [1.807, 2.05) is 0 Å². The van der Waals surface area contributed by atoms with E-state index in [1.54, 1.807) is 6.92 Å². The minimum atomic E-state index is -0.601. The maximum absolute atomic E-state index is 10.5. The average Bonchev–Trinajstić information content (AvgIpc) is 2.10. The number of nitro groups is 1. The number of hydrogen-bond acceptors (Lipinski definition) is 4. The van der Waals surface area contributed by atoms with Gasteiger partial charge in [0.25, 0.3) is 0 Å². The first kappa shape index (κ1) is 11.2.